The van der Waals surface area contributed by atoms with Crippen molar-refractivity contribution in [1.82, 2.24) is 30.4 Å². The van der Waals surface area contributed by atoms with Gasteiger partial charge < -0.3 is 9.64 Å². The van der Waals surface area contributed by atoms with E-state index in [0.29, 0.717) is 24.5 Å². The first kappa shape index (κ1) is 24.4. The Bertz CT molecular complexity index is 1390. The molecule has 0 bridgehead atoms. The highest BCUT2D eigenvalue weighted by atomic mass is 16.5. The lowest BCUT2D eigenvalue weighted by Crippen LogP contribution is -2.32. The van der Waals surface area contributed by atoms with E-state index in [-0.39, 0.29) is 12.0 Å². The minimum Gasteiger partial charge on any atom is -0.462 e. The van der Waals surface area contributed by atoms with Crippen LogP contribution in [-0.4, -0.2) is 43.0 Å². The van der Waals surface area contributed by atoms with E-state index in [2.05, 4.69) is 80.9 Å². The maximum atomic E-state index is 12.8. The van der Waals surface area contributed by atoms with Crippen molar-refractivity contribution >= 4 is 11.8 Å². The molecule has 0 fully saturated rings. The number of aromatic nitrogens is 6. The lowest BCUT2D eigenvalue weighted by atomic mass is 9.98. The molecule has 1 N–H and O–H groups in total. The van der Waals surface area contributed by atoms with Crippen LogP contribution in [-0.2, 0) is 11.3 Å². The molecule has 0 aliphatic carbocycles. The standard InChI is InChI=1S/C28H31N7O2/c1-4-9-22-16-21(5-2)35-27(25(17-29-35)28(36)37-6-3)34(22)18-19-12-14-20(15-13-19)23-10-7-8-11-24(23)26-30-32-33-31-26/h7-8,10-17,21H,4-6,9,18H2,1-3H3,(H,30,31,32,33). The molecule has 1 aliphatic rings. The fourth-order valence-electron chi connectivity index (χ4n) is 4.86. The predicted molar refractivity (Wildman–Crippen MR) is 142 cm³/mol. The fourth-order valence-corrected chi connectivity index (χ4v) is 4.86. The Balaban J connectivity index is 1.49. The first-order chi connectivity index (χ1) is 18.1. The molecule has 9 heteroatoms. The highest BCUT2D eigenvalue weighted by Crippen LogP contribution is 2.38. The predicted octanol–water partition coefficient (Wildman–Crippen LogP) is 5.56. The zero-order valence-electron chi connectivity index (χ0n) is 21.4. The average Bonchev–Trinajstić information content (AvgIpc) is 3.62. The van der Waals surface area contributed by atoms with Crippen molar-refractivity contribution in [2.75, 3.05) is 11.5 Å². The van der Waals surface area contributed by atoms with Crippen LogP contribution in [0.2, 0.25) is 0 Å². The number of aromatic amines is 1. The number of hydrogen-bond acceptors (Lipinski definition) is 7. The van der Waals surface area contributed by atoms with Crippen molar-refractivity contribution in [2.45, 2.75) is 52.6 Å². The van der Waals surface area contributed by atoms with E-state index in [0.717, 1.165) is 47.3 Å². The molecule has 0 spiro atoms. The number of rotatable bonds is 9. The molecule has 37 heavy (non-hydrogen) atoms. The molecule has 3 heterocycles. The zero-order valence-corrected chi connectivity index (χ0v) is 21.4. The third-order valence-corrected chi connectivity index (χ3v) is 6.61. The third kappa shape index (κ3) is 4.76. The molecule has 2 aromatic heterocycles. The van der Waals surface area contributed by atoms with Gasteiger partial charge in [0.05, 0.1) is 18.8 Å². The van der Waals surface area contributed by atoms with Gasteiger partial charge in [-0.2, -0.15) is 10.3 Å². The fraction of sp³-hybridized carbons (Fsp3) is 0.321. The van der Waals surface area contributed by atoms with Gasteiger partial charge in [0.1, 0.15) is 11.4 Å². The van der Waals surface area contributed by atoms with Crippen LogP contribution >= 0.6 is 0 Å². The SMILES string of the molecule is CCCC1=CC(CC)n2ncc(C(=O)OCC)c2N1Cc1ccc(-c2ccccc2-c2nn[nH]n2)cc1. The summed E-state index contributed by atoms with van der Waals surface area (Å²) in [6.45, 7) is 7.08. The lowest BCUT2D eigenvalue weighted by molar-refractivity contribution is 0.0527. The number of fused-ring (bicyclic) bond motifs is 1. The Morgan fingerprint density at radius 3 is 2.51 bits per heavy atom. The van der Waals surface area contributed by atoms with E-state index < -0.39 is 0 Å². The Morgan fingerprint density at radius 2 is 1.84 bits per heavy atom. The molecule has 0 saturated carbocycles. The number of benzene rings is 2. The van der Waals surface area contributed by atoms with Crippen LogP contribution in [0.15, 0.2) is 66.5 Å². The van der Waals surface area contributed by atoms with Crippen molar-refractivity contribution in [3.05, 3.63) is 77.6 Å². The van der Waals surface area contributed by atoms with E-state index in [1.807, 2.05) is 29.8 Å². The number of hydrogen-bond donors (Lipinski definition) is 1. The summed E-state index contributed by atoms with van der Waals surface area (Å²) in [5.74, 6) is 1.03. The summed E-state index contributed by atoms with van der Waals surface area (Å²) in [4.78, 5) is 15.0. The molecule has 9 nitrogen and oxygen atoms in total. The van der Waals surface area contributed by atoms with Gasteiger partial charge in [0.15, 0.2) is 0 Å². The number of esters is 1. The lowest BCUT2D eigenvalue weighted by Gasteiger charge is -2.35. The van der Waals surface area contributed by atoms with Gasteiger partial charge in [-0.3, -0.25) is 0 Å². The molecule has 1 aliphatic heterocycles. The number of ether oxygens (including phenoxy) is 1. The van der Waals surface area contributed by atoms with Crippen LogP contribution in [0.25, 0.3) is 22.5 Å². The summed E-state index contributed by atoms with van der Waals surface area (Å²) < 4.78 is 7.33. The first-order valence-electron chi connectivity index (χ1n) is 12.8. The van der Waals surface area contributed by atoms with Crippen molar-refractivity contribution in [3.63, 3.8) is 0 Å². The molecular weight excluding hydrogens is 466 g/mol. The molecule has 0 saturated heterocycles. The van der Waals surface area contributed by atoms with E-state index in [1.165, 1.54) is 5.70 Å². The normalized spacial score (nSPS) is 14.8. The van der Waals surface area contributed by atoms with E-state index in [4.69, 9.17) is 4.74 Å². The van der Waals surface area contributed by atoms with E-state index in [1.54, 1.807) is 6.20 Å². The zero-order chi connectivity index (χ0) is 25.8. The van der Waals surface area contributed by atoms with Gasteiger partial charge in [0.25, 0.3) is 0 Å². The number of nitrogens with one attached hydrogen (secondary N) is 1. The molecule has 1 unspecified atom stereocenters. The summed E-state index contributed by atoms with van der Waals surface area (Å²) in [6, 6.07) is 16.6. The Labute approximate surface area is 216 Å². The second kappa shape index (κ2) is 10.8. The van der Waals surface area contributed by atoms with E-state index >= 15 is 0 Å². The maximum absolute atomic E-state index is 12.8. The first-order valence-corrected chi connectivity index (χ1v) is 12.8. The van der Waals surface area contributed by atoms with Crippen LogP contribution in [0.4, 0.5) is 5.82 Å². The molecule has 1 atom stereocenters. The van der Waals surface area contributed by atoms with Gasteiger partial charge in [0.2, 0.25) is 5.82 Å². The molecule has 2 aromatic carbocycles. The topological polar surface area (TPSA) is 102 Å². The van der Waals surface area contributed by atoms with Crippen molar-refractivity contribution in [2.24, 2.45) is 0 Å². The summed E-state index contributed by atoms with van der Waals surface area (Å²) in [7, 11) is 0. The number of allylic oxidation sites excluding steroid dienone is 2. The number of carbonyl (C=O) groups excluding carboxylic acids is 1. The smallest absolute Gasteiger partial charge is 0.343 e. The number of anilines is 1. The Hall–Kier alpha value is -4.27. The summed E-state index contributed by atoms with van der Waals surface area (Å²) in [6.07, 6.45) is 6.75. The average molecular weight is 498 g/mol. The van der Waals surface area contributed by atoms with Crippen LogP contribution in [0, 0.1) is 0 Å². The summed E-state index contributed by atoms with van der Waals surface area (Å²) >= 11 is 0. The Morgan fingerprint density at radius 1 is 1.05 bits per heavy atom. The highest BCUT2D eigenvalue weighted by molar-refractivity contribution is 5.95. The van der Waals surface area contributed by atoms with Crippen LogP contribution in [0.5, 0.6) is 0 Å². The largest absolute Gasteiger partial charge is 0.462 e. The molecular formula is C28H31N7O2. The summed E-state index contributed by atoms with van der Waals surface area (Å²) in [5, 5.41) is 19.1. The van der Waals surface area contributed by atoms with Gasteiger partial charge in [-0.25, -0.2) is 9.48 Å². The molecule has 0 amide bonds. The van der Waals surface area contributed by atoms with Crippen molar-refractivity contribution in [3.8, 4) is 22.5 Å². The number of carbonyl (C=O) groups is 1. The monoisotopic (exact) mass is 497 g/mol. The number of tetrazole rings is 1. The van der Waals surface area contributed by atoms with E-state index in [9.17, 15) is 4.79 Å². The van der Waals surface area contributed by atoms with Gasteiger partial charge in [0, 0.05) is 17.8 Å². The summed E-state index contributed by atoms with van der Waals surface area (Å²) in [5.41, 5.74) is 5.86. The van der Waals surface area contributed by atoms with Crippen LogP contribution in [0.1, 0.15) is 62.0 Å². The molecule has 5 rings (SSSR count). The van der Waals surface area contributed by atoms with Crippen LogP contribution in [0.3, 0.4) is 0 Å². The molecule has 190 valence electrons. The second-order valence-corrected chi connectivity index (χ2v) is 8.99. The highest BCUT2D eigenvalue weighted by Gasteiger charge is 2.31. The van der Waals surface area contributed by atoms with Gasteiger partial charge >= 0.3 is 5.97 Å². The van der Waals surface area contributed by atoms with Crippen LogP contribution < -0.4 is 4.90 Å². The second-order valence-electron chi connectivity index (χ2n) is 8.99. The van der Waals surface area contributed by atoms with Crippen molar-refractivity contribution < 1.29 is 9.53 Å². The Kier molecular flexibility index (Phi) is 7.11. The molecule has 4 aromatic rings. The number of H-pyrrole nitrogens is 1. The van der Waals surface area contributed by atoms with Crippen molar-refractivity contribution in [1.29, 1.82) is 0 Å². The minimum atomic E-state index is -0.338. The maximum Gasteiger partial charge on any atom is 0.343 e. The minimum absolute atomic E-state index is 0.111. The quantitative estimate of drug-likeness (QED) is 0.302. The van der Waals surface area contributed by atoms with Gasteiger partial charge in [-0.15, -0.1) is 10.2 Å². The third-order valence-electron chi connectivity index (χ3n) is 6.61. The molecule has 0 radical (unpaired) electrons. The van der Waals surface area contributed by atoms with Gasteiger partial charge in [-0.1, -0.05) is 68.8 Å². The van der Waals surface area contributed by atoms with Gasteiger partial charge in [-0.05, 0) is 47.7 Å². The number of nitrogens with zero attached hydrogens (tertiary/aromatic N) is 6.